The number of piperidine rings is 1. The molecule has 2 aliphatic heterocycles. The molecule has 2 heterocycles. The normalized spacial score (nSPS) is 23.3. The van der Waals surface area contributed by atoms with Crippen LogP contribution in [0.15, 0.2) is 0 Å². The predicted molar refractivity (Wildman–Crippen MR) is 85.4 cm³/mol. The number of halogens is 1. The van der Waals surface area contributed by atoms with Gasteiger partial charge in [-0.25, -0.2) is 0 Å². The van der Waals surface area contributed by atoms with E-state index in [9.17, 15) is 9.59 Å². The Labute approximate surface area is 133 Å². The molecule has 122 valence electrons. The number of carbonyl (C=O) groups is 2. The summed E-state index contributed by atoms with van der Waals surface area (Å²) >= 11 is 0. The van der Waals surface area contributed by atoms with E-state index in [1.54, 1.807) is 0 Å². The molecule has 0 spiro atoms. The fraction of sp³-hybridized carbons (Fsp3) is 0.867. The molecule has 2 fully saturated rings. The molecule has 2 atom stereocenters. The van der Waals surface area contributed by atoms with Crippen LogP contribution >= 0.6 is 12.4 Å². The maximum Gasteiger partial charge on any atom is 0.241 e. The smallest absolute Gasteiger partial charge is 0.241 e. The maximum atomic E-state index is 11.9. The minimum atomic E-state index is 0. The summed E-state index contributed by atoms with van der Waals surface area (Å²) in [5.41, 5.74) is 0. The summed E-state index contributed by atoms with van der Waals surface area (Å²) in [4.78, 5) is 25.6. The Balaban J connectivity index is 0.00000220. The lowest BCUT2D eigenvalue weighted by molar-refractivity contribution is -0.132. The minimum Gasteiger partial charge on any atom is -0.347 e. The highest BCUT2D eigenvalue weighted by Crippen LogP contribution is 2.22. The summed E-state index contributed by atoms with van der Waals surface area (Å²) in [6.45, 7) is 6.10. The predicted octanol–water partition coefficient (Wildman–Crippen LogP) is 1.17. The van der Waals surface area contributed by atoms with Crippen molar-refractivity contribution in [2.24, 2.45) is 11.8 Å². The lowest BCUT2D eigenvalue weighted by Gasteiger charge is -2.28. The van der Waals surface area contributed by atoms with Gasteiger partial charge in [0.25, 0.3) is 0 Å². The van der Waals surface area contributed by atoms with Crippen LogP contribution in [0.4, 0.5) is 0 Å². The first-order valence-corrected chi connectivity index (χ1v) is 7.92. The van der Waals surface area contributed by atoms with Crippen molar-refractivity contribution in [2.75, 3.05) is 32.7 Å². The Morgan fingerprint density at radius 3 is 2.62 bits per heavy atom. The Bertz CT molecular complexity index is 340. The van der Waals surface area contributed by atoms with E-state index in [1.165, 1.54) is 12.8 Å². The first-order valence-electron chi connectivity index (χ1n) is 7.92. The molecule has 0 aromatic carbocycles. The van der Waals surface area contributed by atoms with Crippen LogP contribution < -0.4 is 10.6 Å². The molecular weight excluding hydrogens is 290 g/mol. The SMILES string of the molecule is CC(CC(=O)NCC(=O)N1CCCC1)C1CCCNC1.Cl. The summed E-state index contributed by atoms with van der Waals surface area (Å²) in [5, 5.41) is 6.16. The van der Waals surface area contributed by atoms with Crippen molar-refractivity contribution in [1.29, 1.82) is 0 Å². The van der Waals surface area contributed by atoms with Crippen molar-refractivity contribution in [3.63, 3.8) is 0 Å². The van der Waals surface area contributed by atoms with Crippen LogP contribution in [0, 0.1) is 11.8 Å². The topological polar surface area (TPSA) is 61.4 Å². The standard InChI is InChI=1S/C15H27N3O2.ClH/c1-12(13-5-4-6-16-10-13)9-14(19)17-11-15(20)18-7-2-3-8-18;/h12-13,16H,2-11H2,1H3,(H,17,19);1H. The lowest BCUT2D eigenvalue weighted by Crippen LogP contribution is -2.40. The number of nitrogens with zero attached hydrogens (tertiary/aromatic N) is 1. The van der Waals surface area contributed by atoms with Crippen LogP contribution in [0.25, 0.3) is 0 Å². The minimum absolute atomic E-state index is 0. The number of hydrogen-bond acceptors (Lipinski definition) is 3. The van der Waals surface area contributed by atoms with Gasteiger partial charge in [0.05, 0.1) is 6.54 Å². The molecule has 5 nitrogen and oxygen atoms in total. The van der Waals surface area contributed by atoms with Crippen molar-refractivity contribution in [2.45, 2.75) is 39.0 Å². The highest BCUT2D eigenvalue weighted by atomic mass is 35.5. The van der Waals surface area contributed by atoms with Crippen LogP contribution in [-0.2, 0) is 9.59 Å². The molecule has 2 saturated heterocycles. The van der Waals surface area contributed by atoms with Crippen LogP contribution in [0.3, 0.4) is 0 Å². The lowest BCUT2D eigenvalue weighted by atomic mass is 9.85. The van der Waals surface area contributed by atoms with E-state index in [4.69, 9.17) is 0 Å². The quantitative estimate of drug-likeness (QED) is 0.800. The molecule has 2 rings (SSSR count). The van der Waals surface area contributed by atoms with E-state index in [-0.39, 0.29) is 30.8 Å². The summed E-state index contributed by atoms with van der Waals surface area (Å²) in [7, 11) is 0. The van der Waals surface area contributed by atoms with Crippen LogP contribution in [0.1, 0.15) is 39.0 Å². The molecule has 2 N–H and O–H groups in total. The van der Waals surface area contributed by atoms with Gasteiger partial charge in [0.15, 0.2) is 0 Å². The average Bonchev–Trinajstić information content (AvgIpc) is 3.00. The van der Waals surface area contributed by atoms with Gasteiger partial charge in [0, 0.05) is 19.5 Å². The van der Waals surface area contributed by atoms with Crippen molar-refractivity contribution >= 4 is 24.2 Å². The second-order valence-electron chi connectivity index (χ2n) is 6.15. The maximum absolute atomic E-state index is 11.9. The number of carbonyl (C=O) groups excluding carboxylic acids is 2. The zero-order chi connectivity index (χ0) is 14.4. The van der Waals surface area contributed by atoms with Gasteiger partial charge in [-0.2, -0.15) is 0 Å². The summed E-state index contributed by atoms with van der Waals surface area (Å²) in [6, 6.07) is 0. The average molecular weight is 318 g/mol. The third-order valence-corrected chi connectivity index (χ3v) is 4.54. The molecule has 0 aliphatic carbocycles. The largest absolute Gasteiger partial charge is 0.347 e. The van der Waals surface area contributed by atoms with E-state index in [1.807, 2.05) is 4.90 Å². The highest BCUT2D eigenvalue weighted by Gasteiger charge is 2.23. The first kappa shape index (κ1) is 18.2. The molecule has 0 saturated carbocycles. The molecule has 0 aromatic heterocycles. The molecular formula is C15H28ClN3O2. The monoisotopic (exact) mass is 317 g/mol. The summed E-state index contributed by atoms with van der Waals surface area (Å²) in [5.74, 6) is 1.03. The Hall–Kier alpha value is -0.810. The van der Waals surface area contributed by atoms with Gasteiger partial charge in [-0.05, 0) is 50.6 Å². The molecule has 0 bridgehead atoms. The van der Waals surface area contributed by atoms with Crippen LogP contribution in [0.5, 0.6) is 0 Å². The van der Waals surface area contributed by atoms with E-state index < -0.39 is 0 Å². The van der Waals surface area contributed by atoms with Gasteiger partial charge in [-0.3, -0.25) is 9.59 Å². The zero-order valence-electron chi connectivity index (χ0n) is 12.9. The van der Waals surface area contributed by atoms with Crippen LogP contribution in [-0.4, -0.2) is 49.4 Å². The molecule has 21 heavy (non-hydrogen) atoms. The van der Waals surface area contributed by atoms with E-state index in [0.29, 0.717) is 18.3 Å². The number of likely N-dealkylation sites (tertiary alicyclic amines) is 1. The van der Waals surface area contributed by atoms with E-state index >= 15 is 0 Å². The summed E-state index contributed by atoms with van der Waals surface area (Å²) < 4.78 is 0. The van der Waals surface area contributed by atoms with E-state index in [2.05, 4.69) is 17.6 Å². The van der Waals surface area contributed by atoms with Gasteiger partial charge in [-0.1, -0.05) is 6.92 Å². The van der Waals surface area contributed by atoms with Gasteiger partial charge >= 0.3 is 0 Å². The van der Waals surface area contributed by atoms with Crippen LogP contribution in [0.2, 0.25) is 0 Å². The third kappa shape index (κ3) is 5.83. The fourth-order valence-electron chi connectivity index (χ4n) is 3.15. The van der Waals surface area contributed by atoms with Crippen molar-refractivity contribution in [1.82, 2.24) is 15.5 Å². The number of hydrogen-bond donors (Lipinski definition) is 2. The molecule has 2 unspecified atom stereocenters. The Morgan fingerprint density at radius 1 is 1.29 bits per heavy atom. The second kappa shape index (κ2) is 9.26. The summed E-state index contributed by atoms with van der Waals surface area (Å²) in [6.07, 6.45) is 5.11. The van der Waals surface area contributed by atoms with E-state index in [0.717, 1.165) is 39.0 Å². The molecule has 6 heteroatoms. The second-order valence-corrected chi connectivity index (χ2v) is 6.15. The fourth-order valence-corrected chi connectivity index (χ4v) is 3.15. The van der Waals surface area contributed by atoms with Gasteiger partial charge in [0.1, 0.15) is 0 Å². The van der Waals surface area contributed by atoms with Crippen molar-refractivity contribution in [3.8, 4) is 0 Å². The number of rotatable bonds is 5. The number of amides is 2. The number of nitrogens with one attached hydrogen (secondary N) is 2. The highest BCUT2D eigenvalue weighted by molar-refractivity contribution is 5.85. The Morgan fingerprint density at radius 2 is 2.00 bits per heavy atom. The van der Waals surface area contributed by atoms with Crippen molar-refractivity contribution < 1.29 is 9.59 Å². The first-order chi connectivity index (χ1) is 9.66. The molecule has 0 radical (unpaired) electrons. The molecule has 2 amide bonds. The van der Waals surface area contributed by atoms with Gasteiger partial charge in [-0.15, -0.1) is 12.4 Å². The molecule has 0 aromatic rings. The van der Waals surface area contributed by atoms with Gasteiger partial charge in [0.2, 0.25) is 11.8 Å². The van der Waals surface area contributed by atoms with Crippen molar-refractivity contribution in [3.05, 3.63) is 0 Å². The zero-order valence-corrected chi connectivity index (χ0v) is 13.7. The molecule has 2 aliphatic rings. The Kier molecular flexibility index (Phi) is 8.04. The third-order valence-electron chi connectivity index (χ3n) is 4.54. The van der Waals surface area contributed by atoms with Gasteiger partial charge < -0.3 is 15.5 Å².